The summed E-state index contributed by atoms with van der Waals surface area (Å²) in [6.07, 6.45) is -0.813. The summed E-state index contributed by atoms with van der Waals surface area (Å²) in [5.41, 5.74) is 0.848. The third kappa shape index (κ3) is 2.14. The number of aliphatic hydroxyl groups excluding tert-OH is 2. The predicted octanol–water partition coefficient (Wildman–Crippen LogP) is 0.294. The van der Waals surface area contributed by atoms with Crippen molar-refractivity contribution in [2.75, 3.05) is 23.8 Å². The zero-order chi connectivity index (χ0) is 10.8. The predicted molar refractivity (Wildman–Crippen MR) is 58.2 cm³/mol. The van der Waals surface area contributed by atoms with E-state index in [9.17, 15) is 5.11 Å². The van der Waals surface area contributed by atoms with Crippen LogP contribution in [0.4, 0.5) is 11.5 Å². The Balaban J connectivity index is 2.18. The van der Waals surface area contributed by atoms with Crippen LogP contribution in [0.3, 0.4) is 0 Å². The van der Waals surface area contributed by atoms with Crippen LogP contribution >= 0.6 is 11.6 Å². The van der Waals surface area contributed by atoms with Crippen LogP contribution in [0.15, 0.2) is 12.1 Å². The van der Waals surface area contributed by atoms with E-state index < -0.39 is 6.10 Å². The van der Waals surface area contributed by atoms with Gasteiger partial charge in [0.25, 0.3) is 0 Å². The van der Waals surface area contributed by atoms with Gasteiger partial charge in [-0.05, 0) is 12.1 Å². The second kappa shape index (κ2) is 4.22. The van der Waals surface area contributed by atoms with E-state index in [0.717, 1.165) is 5.69 Å². The van der Waals surface area contributed by atoms with Gasteiger partial charge in [-0.25, -0.2) is 4.98 Å². The Morgan fingerprint density at radius 3 is 3.13 bits per heavy atom. The summed E-state index contributed by atoms with van der Waals surface area (Å²) in [4.78, 5) is 4.08. The Labute approximate surface area is 92.1 Å². The second-order valence-corrected chi connectivity index (χ2v) is 3.80. The Hall–Kier alpha value is -1.04. The first kappa shape index (κ1) is 10.5. The van der Waals surface area contributed by atoms with Gasteiger partial charge >= 0.3 is 0 Å². The molecule has 2 unspecified atom stereocenters. The highest BCUT2D eigenvalue weighted by Crippen LogP contribution is 2.26. The first-order valence-corrected chi connectivity index (χ1v) is 5.04. The number of halogens is 1. The zero-order valence-corrected chi connectivity index (χ0v) is 8.70. The lowest BCUT2D eigenvalue weighted by Crippen LogP contribution is -2.44. The van der Waals surface area contributed by atoms with Crippen molar-refractivity contribution < 1.29 is 10.2 Å². The van der Waals surface area contributed by atoms with Gasteiger partial charge in [-0.1, -0.05) is 11.6 Å². The molecule has 1 aromatic heterocycles. The summed E-state index contributed by atoms with van der Waals surface area (Å²) in [6.45, 7) is 0.257. The normalized spacial score (nSPS) is 21.1. The molecule has 0 fully saturated rings. The van der Waals surface area contributed by atoms with Crippen LogP contribution in [0, 0.1) is 0 Å². The number of aromatic nitrogens is 1. The average Bonchev–Trinajstić information content (AvgIpc) is 2.27. The molecule has 0 saturated carbocycles. The van der Waals surface area contributed by atoms with Crippen molar-refractivity contribution in [3.63, 3.8) is 0 Å². The number of anilines is 2. The first-order chi connectivity index (χ1) is 7.20. The summed E-state index contributed by atoms with van der Waals surface area (Å²) < 4.78 is 0. The minimum Gasteiger partial charge on any atom is -0.394 e. The lowest BCUT2D eigenvalue weighted by Gasteiger charge is -2.29. The number of aliphatic hydroxyl groups is 2. The van der Waals surface area contributed by atoms with Gasteiger partial charge in [-0.15, -0.1) is 0 Å². The Kier molecular flexibility index (Phi) is 2.95. The monoisotopic (exact) mass is 229 g/mol. The van der Waals surface area contributed by atoms with Crippen molar-refractivity contribution in [1.82, 2.24) is 4.98 Å². The van der Waals surface area contributed by atoms with E-state index in [-0.39, 0.29) is 12.6 Å². The van der Waals surface area contributed by atoms with Gasteiger partial charge < -0.3 is 20.8 Å². The maximum absolute atomic E-state index is 9.46. The molecule has 0 spiro atoms. The molecule has 0 amide bonds. The van der Waals surface area contributed by atoms with Gasteiger partial charge in [0.05, 0.1) is 24.4 Å². The number of nitrogens with zero attached hydrogens (tertiary/aromatic N) is 1. The molecule has 0 radical (unpaired) electrons. The molecule has 6 heteroatoms. The van der Waals surface area contributed by atoms with E-state index in [1.807, 2.05) is 6.07 Å². The number of fused-ring (bicyclic) bond motifs is 1. The molecule has 2 atom stereocenters. The summed E-state index contributed by atoms with van der Waals surface area (Å²) in [7, 11) is 0. The fraction of sp³-hybridized carbons (Fsp3) is 0.444. The van der Waals surface area contributed by atoms with E-state index in [2.05, 4.69) is 15.6 Å². The van der Waals surface area contributed by atoms with Crippen molar-refractivity contribution in [2.45, 2.75) is 12.1 Å². The molecule has 0 aromatic carbocycles. The molecular formula is C9H12ClN3O2. The molecule has 1 aromatic rings. The molecule has 15 heavy (non-hydrogen) atoms. The van der Waals surface area contributed by atoms with Gasteiger partial charge in [-0.2, -0.15) is 0 Å². The highest BCUT2D eigenvalue weighted by Gasteiger charge is 2.24. The molecule has 82 valence electrons. The van der Waals surface area contributed by atoms with E-state index >= 15 is 0 Å². The van der Waals surface area contributed by atoms with Crippen molar-refractivity contribution in [3.05, 3.63) is 17.3 Å². The van der Waals surface area contributed by atoms with Crippen molar-refractivity contribution in [3.8, 4) is 0 Å². The van der Waals surface area contributed by atoms with Gasteiger partial charge in [-0.3, -0.25) is 0 Å². The molecule has 5 nitrogen and oxygen atoms in total. The lowest BCUT2D eigenvalue weighted by atomic mass is 10.1. The zero-order valence-electron chi connectivity index (χ0n) is 7.94. The summed E-state index contributed by atoms with van der Waals surface area (Å²) >= 11 is 5.75. The summed E-state index contributed by atoms with van der Waals surface area (Å²) in [6, 6.07) is 3.25. The number of hydrogen-bond donors (Lipinski definition) is 4. The summed E-state index contributed by atoms with van der Waals surface area (Å²) in [5.74, 6) is 0.603. The Morgan fingerprint density at radius 1 is 1.60 bits per heavy atom. The van der Waals surface area contributed by atoms with Gasteiger partial charge in [0.2, 0.25) is 0 Å². The fourth-order valence-electron chi connectivity index (χ4n) is 1.49. The number of pyridine rings is 1. The minimum absolute atomic E-state index is 0.256. The van der Waals surface area contributed by atoms with Crippen LogP contribution in [-0.4, -0.2) is 40.5 Å². The van der Waals surface area contributed by atoms with Crippen LogP contribution in [0.1, 0.15) is 0 Å². The van der Waals surface area contributed by atoms with Crippen LogP contribution < -0.4 is 10.6 Å². The SMILES string of the molecule is OCC(O)C1CNc2ccc(Cl)nc2N1. The minimum atomic E-state index is -0.813. The highest BCUT2D eigenvalue weighted by atomic mass is 35.5. The van der Waals surface area contributed by atoms with E-state index in [1.54, 1.807) is 6.07 Å². The highest BCUT2D eigenvalue weighted by molar-refractivity contribution is 6.29. The smallest absolute Gasteiger partial charge is 0.151 e. The molecule has 0 bridgehead atoms. The fourth-order valence-corrected chi connectivity index (χ4v) is 1.64. The van der Waals surface area contributed by atoms with E-state index in [4.69, 9.17) is 16.7 Å². The van der Waals surface area contributed by atoms with Gasteiger partial charge in [0.1, 0.15) is 5.15 Å². The number of rotatable bonds is 2. The number of nitrogens with one attached hydrogen (secondary N) is 2. The molecule has 2 heterocycles. The van der Waals surface area contributed by atoms with Gasteiger partial charge in [0, 0.05) is 6.54 Å². The molecule has 0 saturated heterocycles. The van der Waals surface area contributed by atoms with Crippen molar-refractivity contribution >= 4 is 23.1 Å². The van der Waals surface area contributed by atoms with Crippen molar-refractivity contribution in [1.29, 1.82) is 0 Å². The molecule has 0 aliphatic carbocycles. The molecular weight excluding hydrogens is 218 g/mol. The largest absolute Gasteiger partial charge is 0.394 e. The Morgan fingerprint density at radius 2 is 2.40 bits per heavy atom. The third-order valence-corrected chi connectivity index (χ3v) is 2.56. The van der Waals surface area contributed by atoms with E-state index in [0.29, 0.717) is 17.5 Å². The van der Waals surface area contributed by atoms with Crippen LogP contribution in [-0.2, 0) is 0 Å². The van der Waals surface area contributed by atoms with Gasteiger partial charge in [0.15, 0.2) is 5.82 Å². The lowest BCUT2D eigenvalue weighted by molar-refractivity contribution is 0.0819. The Bertz CT molecular complexity index is 361. The van der Waals surface area contributed by atoms with Crippen LogP contribution in [0.2, 0.25) is 5.15 Å². The third-order valence-electron chi connectivity index (χ3n) is 2.35. The molecule has 2 rings (SSSR count). The molecule has 1 aliphatic rings. The van der Waals surface area contributed by atoms with Crippen LogP contribution in [0.25, 0.3) is 0 Å². The van der Waals surface area contributed by atoms with Crippen LogP contribution in [0.5, 0.6) is 0 Å². The maximum Gasteiger partial charge on any atom is 0.151 e. The average molecular weight is 230 g/mol. The standard InChI is InChI=1S/C9H12ClN3O2/c10-8-2-1-5-9(13-8)12-6(3-11-5)7(15)4-14/h1-2,6-7,11,14-15H,3-4H2,(H,12,13). The van der Waals surface area contributed by atoms with E-state index in [1.165, 1.54) is 0 Å². The first-order valence-electron chi connectivity index (χ1n) is 4.66. The maximum atomic E-state index is 9.46. The van der Waals surface area contributed by atoms with Crippen molar-refractivity contribution in [2.24, 2.45) is 0 Å². The molecule has 1 aliphatic heterocycles. The second-order valence-electron chi connectivity index (χ2n) is 3.41. The molecule has 4 N–H and O–H groups in total. The summed E-state index contributed by atoms with van der Waals surface area (Å²) in [5, 5.41) is 24.8. The number of hydrogen-bond acceptors (Lipinski definition) is 5. The quantitative estimate of drug-likeness (QED) is 0.549. The topological polar surface area (TPSA) is 77.4 Å².